The lowest BCUT2D eigenvalue weighted by atomic mass is 10.1. The van der Waals surface area contributed by atoms with Crippen LogP contribution in [-0.2, 0) is 6.54 Å². The highest BCUT2D eigenvalue weighted by Crippen LogP contribution is 2.20. The van der Waals surface area contributed by atoms with E-state index in [0.29, 0.717) is 17.3 Å². The van der Waals surface area contributed by atoms with Gasteiger partial charge in [-0.25, -0.2) is 0 Å². The van der Waals surface area contributed by atoms with Crippen LogP contribution in [0.25, 0.3) is 11.5 Å². The molecule has 0 aliphatic heterocycles. The number of benzene rings is 2. The summed E-state index contributed by atoms with van der Waals surface area (Å²) in [6.07, 6.45) is 0. The molecule has 1 heterocycles. The second kappa shape index (κ2) is 8.14. The van der Waals surface area contributed by atoms with Crippen molar-refractivity contribution < 1.29 is 14.1 Å². The topological polar surface area (TPSA) is 72.5 Å². The number of nitrogens with zero attached hydrogens (tertiary/aromatic N) is 2. The van der Waals surface area contributed by atoms with Gasteiger partial charge in [-0.2, -0.15) is 0 Å². The van der Waals surface area contributed by atoms with E-state index in [1.165, 1.54) is 4.90 Å². The highest BCUT2D eigenvalue weighted by Gasteiger charge is 2.22. The first-order chi connectivity index (χ1) is 13.0. The Morgan fingerprint density at radius 2 is 1.93 bits per heavy atom. The van der Waals surface area contributed by atoms with Gasteiger partial charge in [-0.1, -0.05) is 29.8 Å². The van der Waals surface area contributed by atoms with Crippen molar-refractivity contribution in [3.05, 3.63) is 71.1 Å². The van der Waals surface area contributed by atoms with Crippen molar-refractivity contribution in [1.82, 2.24) is 15.5 Å². The molecule has 2 N–H and O–H groups in total. The summed E-state index contributed by atoms with van der Waals surface area (Å²) >= 11 is 0. The predicted octanol–water partition coefficient (Wildman–Crippen LogP) is 2.18. The molecule has 6 nitrogen and oxygen atoms in total. The lowest BCUT2D eigenvalue weighted by Gasteiger charge is -2.19. The molecule has 0 spiro atoms. The van der Waals surface area contributed by atoms with Crippen LogP contribution < -0.4 is 10.2 Å². The zero-order valence-electron chi connectivity index (χ0n) is 16.1. The first-order valence-corrected chi connectivity index (χ1v) is 9.01. The van der Waals surface area contributed by atoms with Crippen LogP contribution in [0, 0.1) is 6.92 Å². The molecule has 2 atom stereocenters. The van der Waals surface area contributed by atoms with Crippen LogP contribution >= 0.6 is 0 Å². The van der Waals surface area contributed by atoms with E-state index in [-0.39, 0.29) is 11.9 Å². The van der Waals surface area contributed by atoms with E-state index in [0.717, 1.165) is 23.2 Å². The number of quaternary nitrogens is 1. The third-order valence-corrected chi connectivity index (χ3v) is 4.74. The summed E-state index contributed by atoms with van der Waals surface area (Å²) in [6.45, 7) is 4.90. The minimum Gasteiger partial charge on any atom is -0.415 e. The van der Waals surface area contributed by atoms with Gasteiger partial charge in [0.25, 0.3) is 11.8 Å². The van der Waals surface area contributed by atoms with Crippen molar-refractivity contribution >= 4 is 5.91 Å². The molecular weight excluding hydrogens is 340 g/mol. The van der Waals surface area contributed by atoms with E-state index < -0.39 is 0 Å². The highest BCUT2D eigenvalue weighted by molar-refractivity contribution is 5.93. The number of nitrogens with one attached hydrogen (secondary N) is 2. The number of aromatic nitrogens is 2. The Kier molecular flexibility index (Phi) is 5.66. The number of rotatable bonds is 6. The molecule has 2 aromatic carbocycles. The third-order valence-electron chi connectivity index (χ3n) is 4.74. The zero-order valence-corrected chi connectivity index (χ0v) is 16.1. The number of hydrogen-bond acceptors (Lipinski definition) is 4. The number of carbonyl (C=O) groups is 1. The molecule has 140 valence electrons. The second-order valence-corrected chi connectivity index (χ2v) is 6.84. The Balaban J connectivity index is 1.68. The molecule has 1 aromatic heterocycles. The van der Waals surface area contributed by atoms with Crippen LogP contribution in [0.15, 0.2) is 52.9 Å². The van der Waals surface area contributed by atoms with Crippen LogP contribution in [-0.4, -0.2) is 30.2 Å². The first-order valence-electron chi connectivity index (χ1n) is 9.01. The maximum Gasteiger partial charge on any atom is 0.274 e. The van der Waals surface area contributed by atoms with Crippen LogP contribution in [0.1, 0.15) is 40.3 Å². The van der Waals surface area contributed by atoms with E-state index in [2.05, 4.69) is 29.5 Å². The normalized spacial score (nSPS) is 13.2. The molecule has 6 heteroatoms. The van der Waals surface area contributed by atoms with E-state index in [1.54, 1.807) is 7.05 Å². The average molecular weight is 365 g/mol. The summed E-state index contributed by atoms with van der Waals surface area (Å²) in [5.74, 6) is 1.08. The molecule has 0 saturated heterocycles. The molecule has 0 aliphatic carbocycles. The molecular formula is C21H25N4O2+. The van der Waals surface area contributed by atoms with Crippen LogP contribution in [0.3, 0.4) is 0 Å². The molecule has 1 amide bonds. The molecule has 0 saturated carbocycles. The van der Waals surface area contributed by atoms with Gasteiger partial charge in [-0.15, -0.1) is 10.2 Å². The Morgan fingerprint density at radius 1 is 1.19 bits per heavy atom. The van der Waals surface area contributed by atoms with Gasteiger partial charge in [-0.3, -0.25) is 4.79 Å². The maximum atomic E-state index is 11.6. The standard InChI is InChI=1S/C21H24N4O2/c1-14-6-5-7-18(12-14)21-24-23-20(27-21)15(2)25(4)13-16-8-10-17(11-9-16)19(26)22-3/h5-12,15H,13H2,1-4H3,(H,22,26)/p+1/t15-/m1/s1. The van der Waals surface area contributed by atoms with Crippen molar-refractivity contribution in [3.63, 3.8) is 0 Å². The summed E-state index contributed by atoms with van der Waals surface area (Å²) in [5, 5.41) is 11.1. The lowest BCUT2D eigenvalue weighted by Crippen LogP contribution is -3.07. The summed E-state index contributed by atoms with van der Waals surface area (Å²) in [7, 11) is 3.72. The monoisotopic (exact) mass is 365 g/mol. The van der Waals surface area contributed by atoms with E-state index in [4.69, 9.17) is 4.42 Å². The SMILES string of the molecule is CNC(=O)c1ccc(C[NH+](C)[C@H](C)c2nnc(-c3cccc(C)c3)o2)cc1. The highest BCUT2D eigenvalue weighted by atomic mass is 16.4. The second-order valence-electron chi connectivity index (χ2n) is 6.84. The predicted molar refractivity (Wildman–Crippen MR) is 103 cm³/mol. The van der Waals surface area contributed by atoms with E-state index >= 15 is 0 Å². The number of aryl methyl sites for hydroxylation is 1. The fraction of sp³-hybridized carbons (Fsp3) is 0.286. The van der Waals surface area contributed by atoms with Gasteiger partial charge < -0.3 is 14.6 Å². The molecule has 0 radical (unpaired) electrons. The van der Waals surface area contributed by atoms with Gasteiger partial charge in [0.05, 0.1) is 7.05 Å². The smallest absolute Gasteiger partial charge is 0.274 e. The number of hydrogen-bond donors (Lipinski definition) is 2. The fourth-order valence-electron chi connectivity index (χ4n) is 2.91. The zero-order chi connectivity index (χ0) is 19.4. The number of amides is 1. The molecule has 3 rings (SSSR count). The largest absolute Gasteiger partial charge is 0.415 e. The van der Waals surface area contributed by atoms with Gasteiger partial charge in [0.1, 0.15) is 6.54 Å². The van der Waals surface area contributed by atoms with Crippen molar-refractivity contribution in [2.24, 2.45) is 0 Å². The van der Waals surface area contributed by atoms with Gasteiger partial charge in [0.15, 0.2) is 6.04 Å². The van der Waals surface area contributed by atoms with Gasteiger partial charge in [0.2, 0.25) is 5.89 Å². The quantitative estimate of drug-likeness (QED) is 0.702. The minimum atomic E-state index is -0.0786. The van der Waals surface area contributed by atoms with Crippen LogP contribution in [0.2, 0.25) is 0 Å². The average Bonchev–Trinajstić information content (AvgIpc) is 3.17. The van der Waals surface area contributed by atoms with Crippen LogP contribution in [0.4, 0.5) is 0 Å². The number of carbonyl (C=O) groups excluding carboxylic acids is 1. The first kappa shape index (κ1) is 18.8. The maximum absolute atomic E-state index is 11.6. The van der Waals surface area contributed by atoms with Crippen LogP contribution in [0.5, 0.6) is 0 Å². The lowest BCUT2D eigenvalue weighted by molar-refractivity contribution is -0.925. The molecule has 0 bridgehead atoms. The Morgan fingerprint density at radius 3 is 2.59 bits per heavy atom. The van der Waals surface area contributed by atoms with Crippen molar-refractivity contribution in [2.75, 3.05) is 14.1 Å². The Labute approximate surface area is 159 Å². The van der Waals surface area contributed by atoms with Crippen molar-refractivity contribution in [2.45, 2.75) is 26.4 Å². The molecule has 0 aliphatic rings. The fourth-order valence-corrected chi connectivity index (χ4v) is 2.91. The molecule has 27 heavy (non-hydrogen) atoms. The van der Waals surface area contributed by atoms with Gasteiger partial charge in [0, 0.05) is 23.7 Å². The molecule has 3 aromatic rings. The molecule has 1 unspecified atom stereocenters. The van der Waals surface area contributed by atoms with Crippen molar-refractivity contribution in [1.29, 1.82) is 0 Å². The third kappa shape index (κ3) is 4.41. The minimum absolute atomic E-state index is 0.0506. The van der Waals surface area contributed by atoms with Crippen molar-refractivity contribution in [3.8, 4) is 11.5 Å². The van der Waals surface area contributed by atoms with E-state index in [1.807, 2.05) is 55.5 Å². The van der Waals surface area contributed by atoms with Gasteiger partial charge in [-0.05, 0) is 38.1 Å². The Bertz CT molecular complexity index is 918. The summed E-state index contributed by atoms with van der Waals surface area (Å²) in [5.41, 5.74) is 3.89. The summed E-state index contributed by atoms with van der Waals surface area (Å²) in [6, 6.07) is 15.7. The molecule has 0 fully saturated rings. The van der Waals surface area contributed by atoms with E-state index in [9.17, 15) is 4.79 Å². The van der Waals surface area contributed by atoms with Gasteiger partial charge >= 0.3 is 0 Å². The Hall–Kier alpha value is -2.99. The summed E-state index contributed by atoms with van der Waals surface area (Å²) < 4.78 is 5.91. The summed E-state index contributed by atoms with van der Waals surface area (Å²) in [4.78, 5) is 12.9.